The number of para-hydroxylation sites is 1. The molecular weight excluding hydrogens is 534 g/mol. The number of hydrogen-bond donors (Lipinski definition) is 1. The van der Waals surface area contributed by atoms with E-state index in [-0.39, 0.29) is 0 Å². The van der Waals surface area contributed by atoms with Crippen molar-refractivity contribution < 1.29 is 4.74 Å². The average Bonchev–Trinajstić information content (AvgIpc) is 2.67. The standard InChI is InChI=1S/C22H20Br3NO/c1-2-16-5-3-4-6-21(16)26-13-17-11-19(24)12-20(25)22(17)27-14-15-7-9-18(23)10-8-15/h3-12,26H,2,13-14H2,1H3. The number of halogens is 3. The first-order valence-electron chi connectivity index (χ1n) is 8.73. The van der Waals surface area contributed by atoms with E-state index < -0.39 is 0 Å². The summed E-state index contributed by atoms with van der Waals surface area (Å²) >= 11 is 10.7. The third-order valence-electron chi connectivity index (χ3n) is 4.25. The second kappa shape index (κ2) is 9.76. The van der Waals surface area contributed by atoms with Gasteiger partial charge in [0.2, 0.25) is 0 Å². The topological polar surface area (TPSA) is 21.3 Å². The van der Waals surface area contributed by atoms with Crippen LogP contribution in [0.25, 0.3) is 0 Å². The summed E-state index contributed by atoms with van der Waals surface area (Å²) in [4.78, 5) is 0. The molecular formula is C22H20Br3NO. The zero-order chi connectivity index (χ0) is 19.2. The van der Waals surface area contributed by atoms with Crippen molar-refractivity contribution in [2.24, 2.45) is 0 Å². The Morgan fingerprint density at radius 1 is 0.852 bits per heavy atom. The van der Waals surface area contributed by atoms with Gasteiger partial charge in [0.25, 0.3) is 0 Å². The molecule has 0 spiro atoms. The van der Waals surface area contributed by atoms with Gasteiger partial charge >= 0.3 is 0 Å². The van der Waals surface area contributed by atoms with Crippen LogP contribution in [0.3, 0.4) is 0 Å². The van der Waals surface area contributed by atoms with Crippen LogP contribution in [0, 0.1) is 0 Å². The first-order valence-corrected chi connectivity index (χ1v) is 11.1. The lowest BCUT2D eigenvalue weighted by molar-refractivity contribution is 0.301. The first kappa shape index (κ1) is 20.4. The van der Waals surface area contributed by atoms with E-state index >= 15 is 0 Å². The SMILES string of the molecule is CCc1ccccc1NCc1cc(Br)cc(Br)c1OCc1ccc(Br)cc1. The van der Waals surface area contributed by atoms with Gasteiger partial charge in [-0.1, -0.05) is 69.1 Å². The summed E-state index contributed by atoms with van der Waals surface area (Å²) in [6.45, 7) is 3.37. The maximum absolute atomic E-state index is 6.17. The quantitative estimate of drug-likeness (QED) is 0.323. The van der Waals surface area contributed by atoms with Crippen molar-refractivity contribution in [3.8, 4) is 5.75 Å². The van der Waals surface area contributed by atoms with Gasteiger partial charge < -0.3 is 10.1 Å². The van der Waals surface area contributed by atoms with Crippen LogP contribution in [-0.4, -0.2) is 0 Å². The lowest BCUT2D eigenvalue weighted by Crippen LogP contribution is -2.06. The number of benzene rings is 3. The van der Waals surface area contributed by atoms with Crippen LogP contribution in [0.1, 0.15) is 23.6 Å². The van der Waals surface area contributed by atoms with E-state index in [1.54, 1.807) is 0 Å². The maximum atomic E-state index is 6.17. The van der Waals surface area contributed by atoms with Gasteiger partial charge in [0.05, 0.1) is 4.47 Å². The molecule has 0 aliphatic heterocycles. The fourth-order valence-electron chi connectivity index (χ4n) is 2.83. The molecule has 0 amide bonds. The highest BCUT2D eigenvalue weighted by Crippen LogP contribution is 2.34. The van der Waals surface area contributed by atoms with Crippen molar-refractivity contribution in [3.05, 3.63) is 90.8 Å². The Balaban J connectivity index is 1.78. The molecule has 0 bridgehead atoms. The number of anilines is 1. The molecule has 0 heterocycles. The fourth-order valence-corrected chi connectivity index (χ4v) is 4.53. The van der Waals surface area contributed by atoms with Crippen molar-refractivity contribution in [2.75, 3.05) is 5.32 Å². The van der Waals surface area contributed by atoms with Crippen molar-refractivity contribution >= 4 is 53.5 Å². The van der Waals surface area contributed by atoms with Gasteiger partial charge in [-0.15, -0.1) is 0 Å². The van der Waals surface area contributed by atoms with Gasteiger partial charge in [0.1, 0.15) is 12.4 Å². The zero-order valence-electron chi connectivity index (χ0n) is 14.9. The zero-order valence-corrected chi connectivity index (χ0v) is 19.7. The fraction of sp³-hybridized carbons (Fsp3) is 0.182. The molecule has 3 aromatic rings. The van der Waals surface area contributed by atoms with Gasteiger partial charge in [-0.25, -0.2) is 0 Å². The molecule has 3 aromatic carbocycles. The van der Waals surface area contributed by atoms with E-state index in [1.807, 2.05) is 18.2 Å². The Labute approximate surface area is 185 Å². The summed E-state index contributed by atoms with van der Waals surface area (Å²) < 4.78 is 9.19. The minimum Gasteiger partial charge on any atom is -0.487 e. The Bertz CT molecular complexity index is 910. The predicted molar refractivity (Wildman–Crippen MR) is 123 cm³/mol. The molecule has 0 aliphatic carbocycles. The third kappa shape index (κ3) is 5.59. The van der Waals surface area contributed by atoms with Crippen LogP contribution in [-0.2, 0) is 19.6 Å². The number of hydrogen-bond acceptors (Lipinski definition) is 2. The molecule has 0 unspecified atom stereocenters. The molecule has 0 fully saturated rings. The van der Waals surface area contributed by atoms with E-state index in [1.165, 1.54) is 5.56 Å². The van der Waals surface area contributed by atoms with Crippen LogP contribution < -0.4 is 10.1 Å². The van der Waals surface area contributed by atoms with Crippen molar-refractivity contribution in [1.82, 2.24) is 0 Å². The highest BCUT2D eigenvalue weighted by atomic mass is 79.9. The molecule has 27 heavy (non-hydrogen) atoms. The minimum atomic E-state index is 0.520. The summed E-state index contributed by atoms with van der Waals surface area (Å²) in [6, 6.07) is 20.7. The van der Waals surface area contributed by atoms with E-state index in [0.29, 0.717) is 13.2 Å². The van der Waals surface area contributed by atoms with Crippen LogP contribution in [0.2, 0.25) is 0 Å². The van der Waals surface area contributed by atoms with Crippen LogP contribution in [0.15, 0.2) is 74.1 Å². The van der Waals surface area contributed by atoms with Crippen molar-refractivity contribution in [1.29, 1.82) is 0 Å². The lowest BCUT2D eigenvalue weighted by atomic mass is 10.1. The van der Waals surface area contributed by atoms with Gasteiger partial charge in [-0.3, -0.25) is 0 Å². The summed E-state index contributed by atoms with van der Waals surface area (Å²) in [7, 11) is 0. The first-order chi connectivity index (χ1) is 13.1. The number of rotatable bonds is 7. The highest BCUT2D eigenvalue weighted by molar-refractivity contribution is 9.11. The largest absolute Gasteiger partial charge is 0.487 e. The van der Waals surface area contributed by atoms with E-state index in [0.717, 1.165) is 42.4 Å². The Morgan fingerprint density at radius 2 is 1.59 bits per heavy atom. The molecule has 0 aromatic heterocycles. The number of aryl methyl sites for hydroxylation is 1. The summed E-state index contributed by atoms with van der Waals surface area (Å²) in [6.07, 6.45) is 0.998. The van der Waals surface area contributed by atoms with Crippen molar-refractivity contribution in [2.45, 2.75) is 26.5 Å². The highest BCUT2D eigenvalue weighted by Gasteiger charge is 2.11. The normalized spacial score (nSPS) is 10.7. The van der Waals surface area contributed by atoms with Gasteiger partial charge in [0, 0.05) is 26.7 Å². The van der Waals surface area contributed by atoms with E-state index in [2.05, 4.69) is 102 Å². The van der Waals surface area contributed by atoms with Gasteiger partial charge in [-0.05, 0) is 63.8 Å². The number of ether oxygens (including phenoxy) is 1. The minimum absolute atomic E-state index is 0.520. The van der Waals surface area contributed by atoms with Gasteiger partial charge in [0.15, 0.2) is 0 Å². The summed E-state index contributed by atoms with van der Waals surface area (Å²) in [5.74, 6) is 0.864. The smallest absolute Gasteiger partial charge is 0.139 e. The summed E-state index contributed by atoms with van der Waals surface area (Å²) in [5, 5.41) is 3.55. The molecule has 1 N–H and O–H groups in total. The Morgan fingerprint density at radius 3 is 2.33 bits per heavy atom. The average molecular weight is 554 g/mol. The molecule has 2 nitrogen and oxygen atoms in total. The Kier molecular flexibility index (Phi) is 7.39. The van der Waals surface area contributed by atoms with Crippen LogP contribution >= 0.6 is 47.8 Å². The molecule has 0 aliphatic rings. The molecule has 5 heteroatoms. The molecule has 0 saturated heterocycles. The molecule has 0 saturated carbocycles. The molecule has 0 atom stereocenters. The van der Waals surface area contributed by atoms with Gasteiger partial charge in [-0.2, -0.15) is 0 Å². The van der Waals surface area contributed by atoms with E-state index in [9.17, 15) is 0 Å². The Hall–Kier alpha value is -1.30. The number of nitrogens with one attached hydrogen (secondary N) is 1. The van der Waals surface area contributed by atoms with Crippen LogP contribution in [0.4, 0.5) is 5.69 Å². The van der Waals surface area contributed by atoms with E-state index in [4.69, 9.17) is 4.74 Å². The van der Waals surface area contributed by atoms with Crippen LogP contribution in [0.5, 0.6) is 5.75 Å². The molecule has 140 valence electrons. The van der Waals surface area contributed by atoms with Crippen molar-refractivity contribution in [3.63, 3.8) is 0 Å². The molecule has 3 rings (SSSR count). The summed E-state index contributed by atoms with van der Waals surface area (Å²) in [5.41, 5.74) is 4.70. The second-order valence-electron chi connectivity index (χ2n) is 6.16. The monoisotopic (exact) mass is 551 g/mol. The molecule has 0 radical (unpaired) electrons. The lowest BCUT2D eigenvalue weighted by Gasteiger charge is -2.16. The second-order valence-corrected chi connectivity index (χ2v) is 8.84. The maximum Gasteiger partial charge on any atom is 0.139 e. The third-order valence-corrected chi connectivity index (χ3v) is 5.82. The predicted octanol–water partition coefficient (Wildman–Crippen LogP) is 7.73.